The average Bonchev–Trinajstić information content (AvgIpc) is 3.44. The monoisotopic (exact) mass is 538 g/mol. The van der Waals surface area contributed by atoms with E-state index < -0.39 is 17.7 Å². The smallest absolute Gasteiger partial charge is 0.295 e. The minimum atomic E-state index is -0.802. The van der Waals surface area contributed by atoms with Crippen molar-refractivity contribution in [1.29, 1.82) is 0 Å². The van der Waals surface area contributed by atoms with Crippen molar-refractivity contribution in [3.05, 3.63) is 101 Å². The Bertz CT molecular complexity index is 1560. The standard InChI is InChI=1S/C32H34N4O4/c1-4-5-6-7-18-40-25-14-12-24(13-15-25)28-26(30(38)32(39)36(28)20-23-11-8-16-33-19-23)29(37)27-22(3)35-17-9-10-21(2)31(35)34-27/h8-17,19,28,37H,4-7,18,20H2,1-3H3. The van der Waals surface area contributed by atoms with Gasteiger partial charge in [-0.3, -0.25) is 14.6 Å². The molecule has 4 aromatic rings. The number of hydrogen-bond acceptors (Lipinski definition) is 6. The highest BCUT2D eigenvalue weighted by Gasteiger charge is 2.46. The second-order valence-electron chi connectivity index (χ2n) is 10.2. The summed E-state index contributed by atoms with van der Waals surface area (Å²) in [5.41, 5.74) is 4.07. The first-order chi connectivity index (χ1) is 19.4. The molecule has 0 radical (unpaired) electrons. The molecular formula is C32H34N4O4. The predicted molar refractivity (Wildman–Crippen MR) is 153 cm³/mol. The number of amides is 1. The molecule has 0 spiro atoms. The molecule has 40 heavy (non-hydrogen) atoms. The van der Waals surface area contributed by atoms with Crippen LogP contribution in [0, 0.1) is 13.8 Å². The van der Waals surface area contributed by atoms with Crippen LogP contribution in [0.15, 0.2) is 72.7 Å². The highest BCUT2D eigenvalue weighted by atomic mass is 16.5. The maximum absolute atomic E-state index is 13.5. The molecule has 4 heterocycles. The molecule has 8 nitrogen and oxygen atoms in total. The summed E-state index contributed by atoms with van der Waals surface area (Å²) in [6.07, 6.45) is 9.65. The largest absolute Gasteiger partial charge is 0.505 e. The van der Waals surface area contributed by atoms with Gasteiger partial charge in [0.05, 0.1) is 23.9 Å². The SMILES string of the molecule is CCCCCCOc1ccc(C2C(=C(O)c3nc4c(C)cccn4c3C)C(=O)C(=O)N2Cc2cccnc2)cc1. The molecule has 1 aliphatic heterocycles. The van der Waals surface area contributed by atoms with Gasteiger partial charge in [0, 0.05) is 25.1 Å². The molecule has 1 amide bonds. The van der Waals surface area contributed by atoms with Gasteiger partial charge < -0.3 is 19.1 Å². The van der Waals surface area contributed by atoms with Gasteiger partial charge in [0.25, 0.3) is 11.7 Å². The highest BCUT2D eigenvalue weighted by Crippen LogP contribution is 2.41. The van der Waals surface area contributed by atoms with Crippen molar-refractivity contribution in [2.75, 3.05) is 6.61 Å². The Hall–Kier alpha value is -4.46. The molecule has 0 saturated carbocycles. The van der Waals surface area contributed by atoms with E-state index in [-0.39, 0.29) is 23.6 Å². The third-order valence-electron chi connectivity index (χ3n) is 7.39. The number of carbonyl (C=O) groups is 2. The van der Waals surface area contributed by atoms with Gasteiger partial charge >= 0.3 is 0 Å². The number of nitrogens with zero attached hydrogens (tertiary/aromatic N) is 4. The number of carbonyl (C=O) groups excluding carboxylic acids is 2. The molecule has 1 aromatic carbocycles. The van der Waals surface area contributed by atoms with E-state index in [9.17, 15) is 14.7 Å². The van der Waals surface area contributed by atoms with Crippen LogP contribution in [0.2, 0.25) is 0 Å². The maximum atomic E-state index is 13.5. The van der Waals surface area contributed by atoms with Gasteiger partial charge in [-0.05, 0) is 61.2 Å². The van der Waals surface area contributed by atoms with Crippen LogP contribution in [-0.2, 0) is 16.1 Å². The summed E-state index contributed by atoms with van der Waals surface area (Å²) in [4.78, 5) is 37.2. The molecular weight excluding hydrogens is 504 g/mol. The third kappa shape index (κ3) is 5.21. The molecule has 1 N–H and O–H groups in total. The first-order valence-electron chi connectivity index (χ1n) is 13.8. The molecule has 0 aliphatic carbocycles. The van der Waals surface area contributed by atoms with E-state index in [4.69, 9.17) is 4.74 Å². The van der Waals surface area contributed by atoms with Gasteiger partial charge in [-0.25, -0.2) is 4.98 Å². The van der Waals surface area contributed by atoms with Crippen LogP contribution in [0.5, 0.6) is 5.75 Å². The molecule has 1 unspecified atom stereocenters. The Labute approximate surface area is 234 Å². The van der Waals surface area contributed by atoms with Crippen LogP contribution in [-0.4, -0.2) is 42.7 Å². The lowest BCUT2D eigenvalue weighted by atomic mass is 9.96. The lowest BCUT2D eigenvalue weighted by Crippen LogP contribution is -2.29. The third-order valence-corrected chi connectivity index (χ3v) is 7.39. The number of pyridine rings is 2. The number of likely N-dealkylation sites (tertiary alicyclic amines) is 1. The van der Waals surface area contributed by atoms with Crippen molar-refractivity contribution in [2.24, 2.45) is 0 Å². The molecule has 1 aliphatic rings. The minimum absolute atomic E-state index is 0.0197. The van der Waals surface area contributed by atoms with Gasteiger partial charge in [-0.2, -0.15) is 0 Å². The second kappa shape index (κ2) is 11.7. The number of hydrogen-bond donors (Lipinski definition) is 1. The lowest BCUT2D eigenvalue weighted by molar-refractivity contribution is -0.140. The number of rotatable bonds is 10. The van der Waals surface area contributed by atoms with E-state index in [1.54, 1.807) is 18.5 Å². The van der Waals surface area contributed by atoms with Crippen molar-refractivity contribution in [3.63, 3.8) is 0 Å². The van der Waals surface area contributed by atoms with Gasteiger partial charge in [-0.15, -0.1) is 0 Å². The number of ether oxygens (including phenoxy) is 1. The number of fused-ring (bicyclic) bond motifs is 1. The molecule has 1 saturated heterocycles. The van der Waals surface area contributed by atoms with Crippen molar-refractivity contribution < 1.29 is 19.4 Å². The first-order valence-corrected chi connectivity index (χ1v) is 13.8. The van der Waals surface area contributed by atoms with Crippen molar-refractivity contribution in [3.8, 4) is 5.75 Å². The summed E-state index contributed by atoms with van der Waals surface area (Å²) >= 11 is 0. The van der Waals surface area contributed by atoms with Crippen LogP contribution in [0.3, 0.4) is 0 Å². The Balaban J connectivity index is 1.55. The summed E-state index contributed by atoms with van der Waals surface area (Å²) in [5, 5.41) is 11.6. The summed E-state index contributed by atoms with van der Waals surface area (Å²) in [6.45, 7) is 6.74. The lowest BCUT2D eigenvalue weighted by Gasteiger charge is -2.25. The van der Waals surface area contributed by atoms with Crippen LogP contribution >= 0.6 is 0 Å². The highest BCUT2D eigenvalue weighted by molar-refractivity contribution is 6.46. The van der Waals surface area contributed by atoms with Gasteiger partial charge in [-0.1, -0.05) is 50.5 Å². The fourth-order valence-corrected chi connectivity index (χ4v) is 5.22. The van der Waals surface area contributed by atoms with E-state index in [1.807, 2.05) is 66.9 Å². The Morgan fingerprint density at radius 2 is 1.82 bits per heavy atom. The Kier molecular flexibility index (Phi) is 7.96. The van der Waals surface area contributed by atoms with E-state index >= 15 is 0 Å². The summed E-state index contributed by atoms with van der Waals surface area (Å²) < 4.78 is 7.78. The summed E-state index contributed by atoms with van der Waals surface area (Å²) in [5.74, 6) is -0.981. The van der Waals surface area contributed by atoms with Crippen molar-refractivity contribution in [2.45, 2.75) is 59.0 Å². The van der Waals surface area contributed by atoms with E-state index in [2.05, 4.69) is 16.9 Å². The molecule has 1 fully saturated rings. The van der Waals surface area contributed by atoms with Gasteiger partial charge in [0.15, 0.2) is 5.76 Å². The molecule has 3 aromatic heterocycles. The molecule has 8 heteroatoms. The number of imidazole rings is 1. The predicted octanol–water partition coefficient (Wildman–Crippen LogP) is 5.93. The summed E-state index contributed by atoms with van der Waals surface area (Å²) in [6, 6.07) is 14.1. The quantitative estimate of drug-likeness (QED) is 0.116. The van der Waals surface area contributed by atoms with Crippen molar-refractivity contribution >= 4 is 23.1 Å². The zero-order valence-electron chi connectivity index (χ0n) is 23.1. The average molecular weight is 539 g/mol. The van der Waals surface area contributed by atoms with Crippen LogP contribution in [0.4, 0.5) is 0 Å². The van der Waals surface area contributed by atoms with E-state index in [1.165, 1.54) is 17.7 Å². The molecule has 1 atom stereocenters. The number of aliphatic hydroxyl groups is 1. The van der Waals surface area contributed by atoms with E-state index in [0.717, 1.165) is 29.7 Å². The number of Topliss-reactive ketones (excluding diaryl/α,β-unsaturated/α-hetero) is 1. The first kappa shape index (κ1) is 27.1. The molecule has 206 valence electrons. The fourth-order valence-electron chi connectivity index (χ4n) is 5.22. The number of aromatic nitrogens is 3. The minimum Gasteiger partial charge on any atom is -0.505 e. The molecule has 5 rings (SSSR count). The summed E-state index contributed by atoms with van der Waals surface area (Å²) in [7, 11) is 0. The van der Waals surface area contributed by atoms with Gasteiger partial charge in [0.1, 0.15) is 17.1 Å². The molecule has 0 bridgehead atoms. The zero-order valence-corrected chi connectivity index (χ0v) is 23.1. The van der Waals surface area contributed by atoms with Crippen LogP contribution in [0.1, 0.15) is 66.7 Å². The topological polar surface area (TPSA) is 97.0 Å². The maximum Gasteiger partial charge on any atom is 0.295 e. The number of benzene rings is 1. The zero-order chi connectivity index (χ0) is 28.2. The van der Waals surface area contributed by atoms with Crippen LogP contribution < -0.4 is 4.74 Å². The number of ketones is 1. The second-order valence-corrected chi connectivity index (χ2v) is 10.2. The van der Waals surface area contributed by atoms with Crippen molar-refractivity contribution in [1.82, 2.24) is 19.3 Å². The number of aryl methyl sites for hydroxylation is 2. The van der Waals surface area contributed by atoms with E-state index in [0.29, 0.717) is 23.5 Å². The van der Waals surface area contributed by atoms with Gasteiger partial charge in [0.2, 0.25) is 0 Å². The fraction of sp³-hybridized carbons (Fsp3) is 0.312. The number of unbranched alkanes of at least 4 members (excludes halogenated alkanes) is 3. The Morgan fingerprint density at radius 3 is 2.52 bits per heavy atom. The number of aliphatic hydroxyl groups excluding tert-OH is 1. The Morgan fingerprint density at radius 1 is 1.02 bits per heavy atom. The van der Waals surface area contributed by atoms with Crippen LogP contribution in [0.25, 0.3) is 11.4 Å². The normalized spacial score (nSPS) is 16.7.